The molecule has 0 fully saturated rings. The van der Waals surface area contributed by atoms with Crippen molar-refractivity contribution in [2.45, 2.75) is 0 Å². The van der Waals surface area contributed by atoms with Crippen molar-refractivity contribution in [1.82, 2.24) is 4.57 Å². The summed E-state index contributed by atoms with van der Waals surface area (Å²) in [7, 11) is -3.17. The highest BCUT2D eigenvalue weighted by molar-refractivity contribution is 7.85. The summed E-state index contributed by atoms with van der Waals surface area (Å²) in [5.41, 5.74) is 5.27. The maximum atomic E-state index is 15.4. The number of aromatic nitrogens is 1. The second-order valence-corrected chi connectivity index (χ2v) is 14.5. The molecule has 9 rings (SSSR count). The minimum Gasteiger partial charge on any atom is -0.450 e. The lowest BCUT2D eigenvalue weighted by atomic mass is 10.0. The molecular formula is C42H28NO3P. The molecule has 0 bridgehead atoms. The van der Waals surface area contributed by atoms with Crippen molar-refractivity contribution >= 4 is 44.9 Å². The van der Waals surface area contributed by atoms with Crippen LogP contribution in [0.2, 0.25) is 0 Å². The Labute approximate surface area is 272 Å². The zero-order valence-corrected chi connectivity index (χ0v) is 26.2. The van der Waals surface area contributed by atoms with E-state index in [4.69, 9.17) is 9.47 Å². The lowest BCUT2D eigenvalue weighted by Gasteiger charge is -2.21. The highest BCUT2D eigenvalue weighted by Gasteiger charge is 2.30. The topological polar surface area (TPSA) is 40.5 Å². The van der Waals surface area contributed by atoms with Gasteiger partial charge in [-0.3, -0.25) is 0 Å². The van der Waals surface area contributed by atoms with Crippen LogP contribution in [0.4, 0.5) is 0 Å². The average Bonchev–Trinajstić information content (AvgIpc) is 3.47. The summed E-state index contributed by atoms with van der Waals surface area (Å²) < 4.78 is 30.0. The first-order valence-electron chi connectivity index (χ1n) is 15.6. The Morgan fingerprint density at radius 3 is 1.55 bits per heavy atom. The lowest BCUT2D eigenvalue weighted by molar-refractivity contribution is 0.360. The van der Waals surface area contributed by atoms with Gasteiger partial charge in [0.2, 0.25) is 0 Å². The highest BCUT2D eigenvalue weighted by atomic mass is 31.2. The summed E-state index contributed by atoms with van der Waals surface area (Å²) in [6.45, 7) is 0. The van der Waals surface area contributed by atoms with E-state index in [1.165, 1.54) is 0 Å². The van der Waals surface area contributed by atoms with Gasteiger partial charge in [-0.05, 0) is 77.9 Å². The first-order chi connectivity index (χ1) is 23.2. The number of fused-ring (bicyclic) bond motifs is 5. The summed E-state index contributed by atoms with van der Waals surface area (Å²) in [6.07, 6.45) is 0. The number of hydrogen-bond donors (Lipinski definition) is 0. The SMILES string of the molecule is O=P(c1ccccc1)(c1ccccc1)c1ccc2c(c1)c1cc(-c3ccc4c(c3)Oc3ccccc3O4)ccc1n2-c1ccccc1. The average molecular weight is 626 g/mol. The molecule has 0 unspecified atom stereocenters. The van der Waals surface area contributed by atoms with E-state index in [1.54, 1.807) is 0 Å². The molecule has 0 saturated heterocycles. The lowest BCUT2D eigenvalue weighted by Crippen LogP contribution is -2.24. The molecule has 224 valence electrons. The molecule has 0 atom stereocenters. The van der Waals surface area contributed by atoms with Crippen LogP contribution in [-0.2, 0) is 4.57 Å². The van der Waals surface area contributed by atoms with Gasteiger partial charge >= 0.3 is 0 Å². The molecule has 0 spiro atoms. The van der Waals surface area contributed by atoms with Crippen LogP contribution in [0.3, 0.4) is 0 Å². The van der Waals surface area contributed by atoms with Crippen molar-refractivity contribution in [2.24, 2.45) is 0 Å². The van der Waals surface area contributed by atoms with Crippen LogP contribution in [0.1, 0.15) is 0 Å². The quantitative estimate of drug-likeness (QED) is 0.179. The minimum atomic E-state index is -3.17. The van der Waals surface area contributed by atoms with Crippen LogP contribution in [0.5, 0.6) is 23.0 Å². The Bertz CT molecular complexity index is 2440. The number of para-hydroxylation sites is 3. The molecule has 0 N–H and O–H groups in total. The van der Waals surface area contributed by atoms with E-state index in [-0.39, 0.29) is 0 Å². The van der Waals surface area contributed by atoms with Gasteiger partial charge in [0, 0.05) is 32.4 Å². The van der Waals surface area contributed by atoms with Gasteiger partial charge in [-0.25, -0.2) is 0 Å². The van der Waals surface area contributed by atoms with Gasteiger partial charge in [0.1, 0.15) is 0 Å². The normalized spacial score (nSPS) is 12.3. The molecule has 1 aromatic heterocycles. The Kier molecular flexibility index (Phi) is 6.38. The fourth-order valence-corrected chi connectivity index (χ4v) is 9.35. The Hall–Kier alpha value is -5.83. The second-order valence-electron chi connectivity index (χ2n) is 11.7. The first-order valence-corrected chi connectivity index (χ1v) is 17.3. The van der Waals surface area contributed by atoms with E-state index >= 15 is 4.57 Å². The van der Waals surface area contributed by atoms with Gasteiger partial charge in [-0.15, -0.1) is 0 Å². The minimum absolute atomic E-state index is 0.682. The highest BCUT2D eigenvalue weighted by Crippen LogP contribution is 2.47. The van der Waals surface area contributed by atoms with Crippen LogP contribution in [-0.4, -0.2) is 4.57 Å². The van der Waals surface area contributed by atoms with Gasteiger partial charge in [0.25, 0.3) is 0 Å². The molecule has 4 nitrogen and oxygen atoms in total. The van der Waals surface area contributed by atoms with Crippen LogP contribution in [0.15, 0.2) is 170 Å². The summed E-state index contributed by atoms with van der Waals surface area (Å²) >= 11 is 0. The van der Waals surface area contributed by atoms with Crippen LogP contribution in [0.25, 0.3) is 38.6 Å². The van der Waals surface area contributed by atoms with Gasteiger partial charge in [-0.2, -0.15) is 0 Å². The predicted octanol–water partition coefficient (Wildman–Crippen LogP) is 9.99. The molecule has 1 aliphatic heterocycles. The fourth-order valence-electron chi connectivity index (χ4n) is 6.67. The molecular weight excluding hydrogens is 597 g/mol. The Balaban J connectivity index is 1.26. The molecule has 0 aliphatic carbocycles. The molecule has 8 aromatic rings. The van der Waals surface area contributed by atoms with E-state index in [2.05, 4.69) is 65.2 Å². The van der Waals surface area contributed by atoms with E-state index in [1.807, 2.05) is 109 Å². The van der Waals surface area contributed by atoms with Gasteiger partial charge in [0.15, 0.2) is 30.1 Å². The van der Waals surface area contributed by atoms with Crippen molar-refractivity contribution in [3.63, 3.8) is 0 Å². The maximum Gasteiger partial charge on any atom is 0.171 e. The Morgan fingerprint density at radius 2 is 0.894 bits per heavy atom. The smallest absolute Gasteiger partial charge is 0.171 e. The zero-order valence-electron chi connectivity index (χ0n) is 25.3. The number of rotatable bonds is 5. The third kappa shape index (κ3) is 4.49. The molecule has 1 aliphatic rings. The van der Waals surface area contributed by atoms with Crippen LogP contribution >= 0.6 is 7.14 Å². The molecule has 7 aromatic carbocycles. The zero-order chi connectivity index (χ0) is 31.4. The molecule has 47 heavy (non-hydrogen) atoms. The number of ether oxygens (including phenoxy) is 2. The number of nitrogens with zero attached hydrogens (tertiary/aromatic N) is 1. The second kappa shape index (κ2) is 10.9. The van der Waals surface area contributed by atoms with Crippen molar-refractivity contribution < 1.29 is 14.0 Å². The largest absolute Gasteiger partial charge is 0.450 e. The fraction of sp³-hybridized carbons (Fsp3) is 0. The van der Waals surface area contributed by atoms with Crippen LogP contribution in [0, 0.1) is 0 Å². The summed E-state index contributed by atoms with van der Waals surface area (Å²) in [4.78, 5) is 0. The number of benzene rings is 7. The third-order valence-corrected chi connectivity index (χ3v) is 12.0. The summed E-state index contributed by atoms with van der Waals surface area (Å²) in [5, 5.41) is 4.56. The van der Waals surface area contributed by atoms with Gasteiger partial charge in [0.05, 0.1) is 11.0 Å². The van der Waals surface area contributed by atoms with Crippen molar-refractivity contribution in [1.29, 1.82) is 0 Å². The predicted molar refractivity (Wildman–Crippen MR) is 192 cm³/mol. The maximum absolute atomic E-state index is 15.4. The first kappa shape index (κ1) is 27.5. The summed E-state index contributed by atoms with van der Waals surface area (Å²) in [6, 6.07) is 56.7. The monoisotopic (exact) mass is 625 g/mol. The van der Waals surface area contributed by atoms with E-state index < -0.39 is 7.14 Å². The van der Waals surface area contributed by atoms with Crippen molar-refractivity contribution in [3.05, 3.63) is 170 Å². The molecule has 0 amide bonds. The van der Waals surface area contributed by atoms with Gasteiger partial charge < -0.3 is 18.6 Å². The Morgan fingerprint density at radius 1 is 0.404 bits per heavy atom. The summed E-state index contributed by atoms with van der Waals surface area (Å²) in [5.74, 6) is 2.78. The van der Waals surface area contributed by atoms with Crippen LogP contribution < -0.4 is 25.4 Å². The van der Waals surface area contributed by atoms with Crippen molar-refractivity contribution in [2.75, 3.05) is 0 Å². The molecule has 0 radical (unpaired) electrons. The third-order valence-electron chi connectivity index (χ3n) is 8.93. The molecule has 0 saturated carbocycles. The van der Waals surface area contributed by atoms with Gasteiger partial charge in [-0.1, -0.05) is 103 Å². The van der Waals surface area contributed by atoms with E-state index in [9.17, 15) is 0 Å². The van der Waals surface area contributed by atoms with E-state index in [0.29, 0.717) is 23.0 Å². The van der Waals surface area contributed by atoms with E-state index in [0.717, 1.165) is 54.5 Å². The standard InChI is InChI=1S/C42H28NO3P/c44-47(32-14-6-2-7-15-32,33-16-8-3-9-17-33)34-22-24-38-36(28-34)35-26-29(20-23-37(35)43(38)31-12-4-1-5-13-31)30-21-25-41-42(27-30)46-40-19-11-10-18-39(40)45-41/h1-28H. The molecule has 2 heterocycles. The number of hydrogen-bond acceptors (Lipinski definition) is 3. The molecule has 5 heteroatoms. The van der Waals surface area contributed by atoms with Crippen molar-refractivity contribution in [3.8, 4) is 39.8 Å².